The summed E-state index contributed by atoms with van der Waals surface area (Å²) in [6.45, 7) is 0.673. The van der Waals surface area contributed by atoms with Crippen LogP contribution in [0.1, 0.15) is 62.1 Å². The van der Waals surface area contributed by atoms with E-state index in [4.69, 9.17) is 5.73 Å². The van der Waals surface area contributed by atoms with Crippen LogP contribution in [-0.2, 0) is 11.0 Å². The molecule has 0 bridgehead atoms. The number of carbonyl (C=O) groups is 1. The summed E-state index contributed by atoms with van der Waals surface area (Å²) in [6, 6.07) is 5.22. The topological polar surface area (TPSA) is 46.3 Å². The highest BCUT2D eigenvalue weighted by molar-refractivity contribution is 5.77. The summed E-state index contributed by atoms with van der Waals surface area (Å²) < 4.78 is 38.3. The van der Waals surface area contributed by atoms with Crippen molar-refractivity contribution in [1.82, 2.24) is 4.90 Å². The molecule has 1 saturated heterocycles. The van der Waals surface area contributed by atoms with Gasteiger partial charge < -0.3 is 10.6 Å². The third-order valence-corrected chi connectivity index (χ3v) is 5.60. The molecule has 1 saturated carbocycles. The van der Waals surface area contributed by atoms with Gasteiger partial charge in [0.1, 0.15) is 0 Å². The fourth-order valence-corrected chi connectivity index (χ4v) is 4.13. The average molecular weight is 354 g/mol. The second kappa shape index (κ2) is 7.36. The normalized spacial score (nSPS) is 27.5. The monoisotopic (exact) mass is 354 g/mol. The van der Waals surface area contributed by atoms with Gasteiger partial charge in [0.25, 0.3) is 0 Å². The van der Waals surface area contributed by atoms with E-state index in [9.17, 15) is 18.0 Å². The molecular weight excluding hydrogens is 329 g/mol. The predicted molar refractivity (Wildman–Crippen MR) is 89.7 cm³/mol. The number of benzene rings is 1. The van der Waals surface area contributed by atoms with E-state index in [2.05, 4.69) is 0 Å². The molecular formula is C19H25F3N2O. The van der Waals surface area contributed by atoms with Crippen molar-refractivity contribution in [2.75, 3.05) is 6.54 Å². The third-order valence-electron chi connectivity index (χ3n) is 5.60. The lowest BCUT2D eigenvalue weighted by Crippen LogP contribution is -2.40. The van der Waals surface area contributed by atoms with E-state index in [-0.39, 0.29) is 23.9 Å². The number of alkyl halides is 3. The molecule has 1 aliphatic heterocycles. The van der Waals surface area contributed by atoms with Crippen LogP contribution < -0.4 is 5.73 Å². The zero-order valence-electron chi connectivity index (χ0n) is 14.3. The number of amides is 1. The molecule has 25 heavy (non-hydrogen) atoms. The first kappa shape index (κ1) is 18.2. The third kappa shape index (κ3) is 4.17. The molecule has 1 aromatic carbocycles. The van der Waals surface area contributed by atoms with Crippen LogP contribution in [0.15, 0.2) is 24.3 Å². The summed E-state index contributed by atoms with van der Waals surface area (Å²) in [5, 5.41) is 0. The van der Waals surface area contributed by atoms with Crippen molar-refractivity contribution in [2.24, 2.45) is 11.7 Å². The Morgan fingerprint density at radius 1 is 1.08 bits per heavy atom. The molecule has 0 spiro atoms. The molecule has 6 heteroatoms. The van der Waals surface area contributed by atoms with Crippen molar-refractivity contribution in [1.29, 1.82) is 0 Å². The molecule has 2 aliphatic rings. The van der Waals surface area contributed by atoms with Crippen LogP contribution in [0.3, 0.4) is 0 Å². The summed E-state index contributed by atoms with van der Waals surface area (Å²) in [5.41, 5.74) is 6.22. The fraction of sp³-hybridized carbons (Fsp3) is 0.632. The lowest BCUT2D eigenvalue weighted by atomic mass is 9.92. The van der Waals surface area contributed by atoms with Crippen LogP contribution in [0.2, 0.25) is 0 Å². The van der Waals surface area contributed by atoms with E-state index in [0.29, 0.717) is 13.0 Å². The first-order valence-corrected chi connectivity index (χ1v) is 9.08. The van der Waals surface area contributed by atoms with Gasteiger partial charge in [-0.1, -0.05) is 18.6 Å². The highest BCUT2D eigenvalue weighted by Gasteiger charge is 2.34. The summed E-state index contributed by atoms with van der Waals surface area (Å²) in [6.07, 6.45) is 1.89. The number of hydrogen-bond acceptors (Lipinski definition) is 2. The lowest BCUT2D eigenvalue weighted by Gasteiger charge is -2.37. The zero-order valence-corrected chi connectivity index (χ0v) is 14.3. The maximum atomic E-state index is 12.8. The van der Waals surface area contributed by atoms with Crippen LogP contribution in [0, 0.1) is 5.92 Å². The molecule has 0 aromatic heterocycles. The Morgan fingerprint density at radius 2 is 1.80 bits per heavy atom. The molecule has 138 valence electrons. The molecule has 3 atom stereocenters. The highest BCUT2D eigenvalue weighted by Crippen LogP contribution is 2.36. The second-order valence-electron chi connectivity index (χ2n) is 7.28. The van der Waals surface area contributed by atoms with Crippen molar-refractivity contribution in [3.63, 3.8) is 0 Å². The molecule has 3 rings (SSSR count). The van der Waals surface area contributed by atoms with E-state index in [1.54, 1.807) is 0 Å². The van der Waals surface area contributed by atoms with Crippen LogP contribution in [0.25, 0.3) is 0 Å². The van der Waals surface area contributed by atoms with E-state index < -0.39 is 11.7 Å². The van der Waals surface area contributed by atoms with Gasteiger partial charge in [-0.05, 0) is 55.7 Å². The van der Waals surface area contributed by atoms with Gasteiger partial charge in [-0.2, -0.15) is 13.2 Å². The van der Waals surface area contributed by atoms with Crippen molar-refractivity contribution < 1.29 is 18.0 Å². The number of halogens is 3. The van der Waals surface area contributed by atoms with Crippen LogP contribution in [-0.4, -0.2) is 23.4 Å². The Kier molecular flexibility index (Phi) is 5.37. The van der Waals surface area contributed by atoms with Gasteiger partial charge in [0.2, 0.25) is 5.91 Å². The Labute approximate surface area is 146 Å². The molecule has 1 aliphatic carbocycles. The van der Waals surface area contributed by atoms with Gasteiger partial charge >= 0.3 is 6.18 Å². The second-order valence-corrected chi connectivity index (χ2v) is 7.28. The quantitative estimate of drug-likeness (QED) is 0.881. The first-order valence-electron chi connectivity index (χ1n) is 9.08. The number of piperidine rings is 1. The van der Waals surface area contributed by atoms with Crippen LogP contribution in [0.4, 0.5) is 13.2 Å². The van der Waals surface area contributed by atoms with Gasteiger partial charge in [-0.25, -0.2) is 0 Å². The van der Waals surface area contributed by atoms with Crippen molar-refractivity contribution in [3.05, 3.63) is 35.4 Å². The standard InChI is InChI=1S/C19H25F3N2O/c20-19(21,22)15-9-7-13(8-10-15)17-6-1-2-11-24(17)18(25)12-14-4-3-5-16(14)23/h7-10,14,16-17H,1-6,11-12,23H2/t14-,16+,17?/m0/s1. The highest BCUT2D eigenvalue weighted by atomic mass is 19.4. The fourth-order valence-electron chi connectivity index (χ4n) is 4.13. The number of rotatable bonds is 3. The smallest absolute Gasteiger partial charge is 0.336 e. The van der Waals surface area contributed by atoms with Gasteiger partial charge in [0.05, 0.1) is 11.6 Å². The molecule has 0 radical (unpaired) electrons. The summed E-state index contributed by atoms with van der Waals surface area (Å²) >= 11 is 0. The Hall–Kier alpha value is -1.56. The molecule has 1 amide bonds. The number of nitrogens with zero attached hydrogens (tertiary/aromatic N) is 1. The maximum absolute atomic E-state index is 12.8. The number of nitrogens with two attached hydrogens (primary N) is 1. The average Bonchev–Trinajstić information content (AvgIpc) is 2.99. The van der Waals surface area contributed by atoms with Crippen LogP contribution >= 0.6 is 0 Å². The molecule has 3 nitrogen and oxygen atoms in total. The lowest BCUT2D eigenvalue weighted by molar-refractivity contribution is -0.138. The van der Waals surface area contributed by atoms with E-state index in [1.807, 2.05) is 4.90 Å². The minimum Gasteiger partial charge on any atom is -0.336 e. The SMILES string of the molecule is N[C@@H]1CCC[C@H]1CC(=O)N1CCCCC1c1ccc(C(F)(F)F)cc1. The minimum atomic E-state index is -4.33. The molecule has 1 unspecified atom stereocenters. The molecule has 2 fully saturated rings. The van der Waals surface area contributed by atoms with Crippen LogP contribution in [0.5, 0.6) is 0 Å². The van der Waals surface area contributed by atoms with Crippen molar-refractivity contribution in [2.45, 2.75) is 63.2 Å². The zero-order chi connectivity index (χ0) is 18.0. The largest absolute Gasteiger partial charge is 0.416 e. The van der Waals surface area contributed by atoms with E-state index >= 15 is 0 Å². The number of hydrogen-bond donors (Lipinski definition) is 1. The number of likely N-dealkylation sites (tertiary alicyclic amines) is 1. The first-order chi connectivity index (χ1) is 11.9. The number of carbonyl (C=O) groups excluding carboxylic acids is 1. The van der Waals surface area contributed by atoms with Crippen molar-refractivity contribution in [3.8, 4) is 0 Å². The van der Waals surface area contributed by atoms with Gasteiger partial charge in [0.15, 0.2) is 0 Å². The molecule has 1 aromatic rings. The molecule has 1 heterocycles. The molecule has 2 N–H and O–H groups in total. The van der Waals surface area contributed by atoms with Crippen molar-refractivity contribution >= 4 is 5.91 Å². The summed E-state index contributed by atoms with van der Waals surface area (Å²) in [7, 11) is 0. The van der Waals surface area contributed by atoms with E-state index in [1.165, 1.54) is 12.1 Å². The maximum Gasteiger partial charge on any atom is 0.416 e. The van der Waals surface area contributed by atoms with E-state index in [0.717, 1.165) is 56.2 Å². The Balaban J connectivity index is 1.73. The predicted octanol–water partition coefficient (Wildman–Crippen LogP) is 4.28. The Bertz CT molecular complexity index is 600. The summed E-state index contributed by atoms with van der Waals surface area (Å²) in [4.78, 5) is 14.7. The Morgan fingerprint density at radius 3 is 2.40 bits per heavy atom. The van der Waals surface area contributed by atoms with Gasteiger partial charge in [-0.3, -0.25) is 4.79 Å². The van der Waals surface area contributed by atoms with Gasteiger partial charge in [0, 0.05) is 19.0 Å². The minimum absolute atomic E-state index is 0.0898. The van der Waals surface area contributed by atoms with Gasteiger partial charge in [-0.15, -0.1) is 0 Å². The summed E-state index contributed by atoms with van der Waals surface area (Å²) in [5.74, 6) is 0.328.